The molecule has 2 nitrogen and oxygen atoms in total. The molecule has 1 aromatic carbocycles. The van der Waals surface area contributed by atoms with Crippen LogP contribution in [-0.2, 0) is 11.3 Å². The number of unbranched alkanes of at least 4 members (excludes halogenated alkanes) is 1. The predicted octanol–water partition coefficient (Wildman–Crippen LogP) is 3.40. The average molecular weight is 275 g/mol. The molecule has 0 atom stereocenters. The van der Waals surface area contributed by atoms with Crippen LogP contribution in [0.15, 0.2) is 12.1 Å². The lowest BCUT2D eigenvalue weighted by Gasteiger charge is -2.07. The molecule has 1 N–H and O–H groups in total. The summed E-state index contributed by atoms with van der Waals surface area (Å²) in [5, 5.41) is 2.97. The summed E-state index contributed by atoms with van der Waals surface area (Å²) in [5.74, 6) is -2.92. The predicted molar refractivity (Wildman–Crippen MR) is 68.4 cm³/mol. The molecule has 0 unspecified atom stereocenters. The summed E-state index contributed by atoms with van der Waals surface area (Å²) in [5.41, 5.74) is 0.130. The highest BCUT2D eigenvalue weighted by Crippen LogP contribution is 2.13. The Morgan fingerprint density at radius 3 is 2.42 bits per heavy atom. The van der Waals surface area contributed by atoms with Crippen LogP contribution in [0.1, 0.15) is 31.7 Å². The van der Waals surface area contributed by atoms with Crippen molar-refractivity contribution in [3.63, 3.8) is 0 Å². The van der Waals surface area contributed by atoms with Crippen LogP contribution in [0.5, 0.6) is 0 Å². The van der Waals surface area contributed by atoms with Gasteiger partial charge in [-0.05, 0) is 25.5 Å². The van der Waals surface area contributed by atoms with E-state index in [1.54, 1.807) is 0 Å². The van der Waals surface area contributed by atoms with E-state index in [1.807, 2.05) is 0 Å². The lowest BCUT2D eigenvalue weighted by atomic mass is 10.2. The van der Waals surface area contributed by atoms with Gasteiger partial charge in [-0.25, -0.2) is 13.2 Å². The summed E-state index contributed by atoms with van der Waals surface area (Å²) in [4.78, 5) is 0. The number of halogens is 3. The largest absolute Gasteiger partial charge is 0.381 e. The van der Waals surface area contributed by atoms with Crippen LogP contribution in [0.2, 0.25) is 0 Å². The van der Waals surface area contributed by atoms with E-state index in [-0.39, 0.29) is 12.1 Å². The molecule has 0 saturated heterocycles. The van der Waals surface area contributed by atoms with Crippen molar-refractivity contribution in [2.24, 2.45) is 0 Å². The number of ether oxygens (including phenoxy) is 1. The van der Waals surface area contributed by atoms with E-state index >= 15 is 0 Å². The molecule has 0 aliphatic rings. The maximum absolute atomic E-state index is 13.3. The first-order valence-electron chi connectivity index (χ1n) is 6.57. The maximum Gasteiger partial charge on any atom is 0.161 e. The summed E-state index contributed by atoms with van der Waals surface area (Å²) in [6.45, 7) is 4.32. The Labute approximate surface area is 112 Å². The minimum atomic E-state index is -1.16. The fourth-order valence-corrected chi connectivity index (χ4v) is 1.57. The Balaban J connectivity index is 2.17. The van der Waals surface area contributed by atoms with Crippen LogP contribution >= 0.6 is 0 Å². The van der Waals surface area contributed by atoms with E-state index in [0.29, 0.717) is 19.2 Å². The van der Waals surface area contributed by atoms with Crippen LogP contribution in [-0.4, -0.2) is 19.8 Å². The lowest BCUT2D eigenvalue weighted by Crippen LogP contribution is -2.17. The Hall–Kier alpha value is -1.07. The molecule has 0 aliphatic heterocycles. The smallest absolute Gasteiger partial charge is 0.161 e. The van der Waals surface area contributed by atoms with E-state index in [4.69, 9.17) is 4.74 Å². The zero-order valence-electron chi connectivity index (χ0n) is 11.1. The fourth-order valence-electron chi connectivity index (χ4n) is 1.57. The standard InChI is InChI=1S/C14H20F3NO/c1-2-3-6-19-7-4-5-18-10-11-8-13(16)14(17)9-12(11)15/h8-9,18H,2-7,10H2,1H3. The van der Waals surface area contributed by atoms with Crippen molar-refractivity contribution in [1.82, 2.24) is 5.32 Å². The molecule has 1 aromatic rings. The third-order valence-corrected chi connectivity index (χ3v) is 2.69. The monoisotopic (exact) mass is 275 g/mol. The number of rotatable bonds is 9. The van der Waals surface area contributed by atoms with Crippen LogP contribution in [0.4, 0.5) is 13.2 Å². The molecule has 0 amide bonds. The summed E-state index contributed by atoms with van der Waals surface area (Å²) in [6.07, 6.45) is 2.95. The third kappa shape index (κ3) is 6.07. The van der Waals surface area contributed by atoms with E-state index in [0.717, 1.165) is 31.9 Å². The van der Waals surface area contributed by atoms with E-state index < -0.39 is 17.5 Å². The van der Waals surface area contributed by atoms with Crippen molar-refractivity contribution >= 4 is 0 Å². The Bertz CT molecular complexity index is 385. The molecule has 0 bridgehead atoms. The van der Waals surface area contributed by atoms with Gasteiger partial charge in [0.05, 0.1) is 0 Å². The second-order valence-corrected chi connectivity index (χ2v) is 4.35. The molecule has 0 aromatic heterocycles. The van der Waals surface area contributed by atoms with Gasteiger partial charge in [-0.3, -0.25) is 0 Å². The van der Waals surface area contributed by atoms with Crippen molar-refractivity contribution in [1.29, 1.82) is 0 Å². The van der Waals surface area contributed by atoms with Crippen molar-refractivity contribution in [2.75, 3.05) is 19.8 Å². The molecule has 0 spiro atoms. The topological polar surface area (TPSA) is 21.3 Å². The fraction of sp³-hybridized carbons (Fsp3) is 0.571. The number of nitrogens with one attached hydrogen (secondary N) is 1. The lowest BCUT2D eigenvalue weighted by molar-refractivity contribution is 0.128. The van der Waals surface area contributed by atoms with Gasteiger partial charge in [0.15, 0.2) is 11.6 Å². The van der Waals surface area contributed by atoms with Gasteiger partial charge in [0.1, 0.15) is 5.82 Å². The molecular weight excluding hydrogens is 255 g/mol. The van der Waals surface area contributed by atoms with E-state index in [9.17, 15) is 13.2 Å². The summed E-state index contributed by atoms with van der Waals surface area (Å²) in [6, 6.07) is 1.45. The molecule has 0 heterocycles. The highest BCUT2D eigenvalue weighted by molar-refractivity contribution is 5.19. The van der Waals surface area contributed by atoms with Crippen molar-refractivity contribution in [3.05, 3.63) is 35.1 Å². The quantitative estimate of drug-likeness (QED) is 0.551. The van der Waals surface area contributed by atoms with Gasteiger partial charge in [-0.2, -0.15) is 0 Å². The second-order valence-electron chi connectivity index (χ2n) is 4.35. The number of hydrogen-bond acceptors (Lipinski definition) is 2. The zero-order valence-corrected chi connectivity index (χ0v) is 11.1. The van der Waals surface area contributed by atoms with Gasteiger partial charge in [0, 0.05) is 31.4 Å². The van der Waals surface area contributed by atoms with Gasteiger partial charge in [-0.15, -0.1) is 0 Å². The Morgan fingerprint density at radius 2 is 1.68 bits per heavy atom. The molecule has 0 aliphatic carbocycles. The first-order valence-corrected chi connectivity index (χ1v) is 6.57. The molecule has 108 valence electrons. The number of hydrogen-bond donors (Lipinski definition) is 1. The van der Waals surface area contributed by atoms with Crippen molar-refractivity contribution < 1.29 is 17.9 Å². The highest BCUT2D eigenvalue weighted by Gasteiger charge is 2.08. The molecule has 19 heavy (non-hydrogen) atoms. The van der Waals surface area contributed by atoms with E-state index in [2.05, 4.69) is 12.2 Å². The normalized spacial score (nSPS) is 10.9. The molecule has 5 heteroatoms. The van der Waals surface area contributed by atoms with Crippen molar-refractivity contribution in [2.45, 2.75) is 32.7 Å². The average Bonchev–Trinajstić information content (AvgIpc) is 2.38. The van der Waals surface area contributed by atoms with Crippen LogP contribution < -0.4 is 5.32 Å². The van der Waals surface area contributed by atoms with Gasteiger partial charge < -0.3 is 10.1 Å². The third-order valence-electron chi connectivity index (χ3n) is 2.69. The first kappa shape index (κ1) is 16.0. The second kappa shape index (κ2) is 8.93. The molecule has 0 fully saturated rings. The van der Waals surface area contributed by atoms with Gasteiger partial charge in [-0.1, -0.05) is 13.3 Å². The van der Waals surface area contributed by atoms with Gasteiger partial charge in [0.25, 0.3) is 0 Å². The molecule has 0 radical (unpaired) electrons. The minimum Gasteiger partial charge on any atom is -0.381 e. The van der Waals surface area contributed by atoms with Crippen LogP contribution in [0, 0.1) is 17.5 Å². The summed E-state index contributed by atoms with van der Waals surface area (Å²) >= 11 is 0. The summed E-state index contributed by atoms with van der Waals surface area (Å²) < 4.78 is 44.3. The van der Waals surface area contributed by atoms with Gasteiger partial charge in [0.2, 0.25) is 0 Å². The Kier molecular flexibility index (Phi) is 7.52. The zero-order chi connectivity index (χ0) is 14.1. The maximum atomic E-state index is 13.3. The van der Waals surface area contributed by atoms with E-state index in [1.165, 1.54) is 0 Å². The first-order chi connectivity index (χ1) is 9.15. The Morgan fingerprint density at radius 1 is 1.00 bits per heavy atom. The SMILES string of the molecule is CCCCOCCCNCc1cc(F)c(F)cc1F. The molecule has 1 rings (SSSR count). The number of benzene rings is 1. The van der Waals surface area contributed by atoms with Gasteiger partial charge >= 0.3 is 0 Å². The highest BCUT2D eigenvalue weighted by atomic mass is 19.2. The minimum absolute atomic E-state index is 0.130. The molecular formula is C14H20F3NO. The summed E-state index contributed by atoms with van der Waals surface area (Å²) in [7, 11) is 0. The molecule has 0 saturated carbocycles. The van der Waals surface area contributed by atoms with Crippen LogP contribution in [0.3, 0.4) is 0 Å². The van der Waals surface area contributed by atoms with Crippen molar-refractivity contribution in [3.8, 4) is 0 Å². The van der Waals surface area contributed by atoms with Crippen LogP contribution in [0.25, 0.3) is 0 Å².